The molecule has 0 radical (unpaired) electrons. The highest BCUT2D eigenvalue weighted by molar-refractivity contribution is 5.76. The Hall–Kier alpha value is -2.71. The van der Waals surface area contributed by atoms with Gasteiger partial charge in [-0.2, -0.15) is 10.1 Å². The van der Waals surface area contributed by atoms with Gasteiger partial charge in [0.15, 0.2) is 0 Å². The Morgan fingerprint density at radius 3 is 2.91 bits per heavy atom. The smallest absolute Gasteiger partial charge is 0.260 e. The van der Waals surface area contributed by atoms with Crippen LogP contribution in [-0.4, -0.2) is 57.2 Å². The fraction of sp³-hybridized carbons (Fsp3) is 0.609. The maximum absolute atomic E-state index is 13.5. The number of aryl methyl sites for hydroxylation is 1. The molecule has 2 aromatic rings. The number of amides is 1. The van der Waals surface area contributed by atoms with Gasteiger partial charge in [-0.15, -0.1) is 0 Å². The lowest BCUT2D eigenvalue weighted by Gasteiger charge is -2.40. The molecule has 1 amide bonds. The van der Waals surface area contributed by atoms with Crippen molar-refractivity contribution in [1.82, 2.24) is 19.7 Å². The number of aromatic nitrogens is 3. The fourth-order valence-electron chi connectivity index (χ4n) is 5.29. The maximum atomic E-state index is 13.5. The van der Waals surface area contributed by atoms with Gasteiger partial charge >= 0.3 is 0 Å². The predicted molar refractivity (Wildman–Crippen MR) is 115 cm³/mol. The summed E-state index contributed by atoms with van der Waals surface area (Å²) in [6.45, 7) is 3.40. The number of benzene rings is 1. The van der Waals surface area contributed by atoms with E-state index in [0.29, 0.717) is 31.9 Å². The summed E-state index contributed by atoms with van der Waals surface area (Å²) in [5, 5.41) is 7.23. The number of nitrogens with one attached hydrogen (secondary N) is 1. The molecule has 7 nitrogen and oxygen atoms in total. The van der Waals surface area contributed by atoms with Crippen LogP contribution in [0.5, 0.6) is 5.75 Å². The normalized spacial score (nSPS) is 25.2. The topological polar surface area (TPSA) is 72.3 Å². The van der Waals surface area contributed by atoms with Gasteiger partial charge in [0.25, 0.3) is 6.43 Å². The molecule has 1 N–H and O–H groups in total. The van der Waals surface area contributed by atoms with Crippen LogP contribution in [0.2, 0.25) is 0 Å². The third kappa shape index (κ3) is 4.17. The van der Waals surface area contributed by atoms with Gasteiger partial charge in [-0.3, -0.25) is 4.79 Å². The summed E-state index contributed by atoms with van der Waals surface area (Å²) in [6, 6.07) is 5.20. The van der Waals surface area contributed by atoms with Crippen LogP contribution in [0.4, 0.5) is 14.7 Å². The van der Waals surface area contributed by atoms with E-state index in [0.717, 1.165) is 31.4 Å². The number of halogens is 2. The number of alkyl halides is 2. The van der Waals surface area contributed by atoms with Crippen LogP contribution in [0.15, 0.2) is 24.5 Å². The first-order chi connectivity index (χ1) is 15.5. The number of piperidine rings is 1. The third-order valence-corrected chi connectivity index (χ3v) is 7.04. The molecular weight excluding hydrogens is 416 g/mol. The average molecular weight is 446 g/mol. The summed E-state index contributed by atoms with van der Waals surface area (Å²) in [4.78, 5) is 18.8. The second kappa shape index (κ2) is 8.67. The molecule has 9 heteroatoms. The third-order valence-electron chi connectivity index (χ3n) is 7.04. The number of anilines is 1. The molecule has 1 fully saturated rings. The molecule has 5 rings (SSSR count). The number of fused-ring (bicyclic) bond motifs is 2. The highest BCUT2D eigenvalue weighted by Crippen LogP contribution is 2.35. The lowest BCUT2D eigenvalue weighted by molar-refractivity contribution is -0.132. The van der Waals surface area contributed by atoms with Crippen molar-refractivity contribution < 1.29 is 18.3 Å². The molecule has 1 unspecified atom stereocenters. The van der Waals surface area contributed by atoms with Crippen molar-refractivity contribution in [3.8, 4) is 5.75 Å². The van der Waals surface area contributed by atoms with Gasteiger partial charge in [-0.05, 0) is 55.7 Å². The molecule has 3 aliphatic rings. The zero-order chi connectivity index (χ0) is 22.2. The Kier molecular flexibility index (Phi) is 5.73. The first kappa shape index (κ1) is 21.2. The van der Waals surface area contributed by atoms with E-state index in [4.69, 9.17) is 4.74 Å². The van der Waals surface area contributed by atoms with Gasteiger partial charge in [-0.25, -0.2) is 13.5 Å². The lowest BCUT2D eigenvalue weighted by atomic mass is 9.85. The van der Waals surface area contributed by atoms with Crippen molar-refractivity contribution in [2.75, 3.05) is 18.4 Å². The SMILES string of the molecule is CC1Cc2cc(CCC(=O)N3CCC([C@@H]4C[C@H](C(F)F)n5ncnc5N4)CC3)ccc2O1. The van der Waals surface area contributed by atoms with E-state index in [1.54, 1.807) is 0 Å². The Balaban J connectivity index is 1.13. The van der Waals surface area contributed by atoms with Gasteiger partial charge in [0.2, 0.25) is 11.9 Å². The molecule has 0 bridgehead atoms. The second-order valence-corrected chi connectivity index (χ2v) is 9.21. The minimum Gasteiger partial charge on any atom is -0.490 e. The monoisotopic (exact) mass is 445 g/mol. The number of carbonyl (C=O) groups is 1. The summed E-state index contributed by atoms with van der Waals surface area (Å²) in [6.07, 6.45) is 3.12. The number of ether oxygens (including phenoxy) is 1. The Morgan fingerprint density at radius 1 is 1.31 bits per heavy atom. The minimum atomic E-state index is -2.48. The summed E-state index contributed by atoms with van der Waals surface area (Å²) in [5.41, 5.74) is 2.39. The van der Waals surface area contributed by atoms with Crippen LogP contribution in [0.1, 0.15) is 49.8 Å². The van der Waals surface area contributed by atoms with Crippen LogP contribution < -0.4 is 10.1 Å². The van der Waals surface area contributed by atoms with Gasteiger partial charge in [0.05, 0.1) is 0 Å². The van der Waals surface area contributed by atoms with Crippen LogP contribution >= 0.6 is 0 Å². The van der Waals surface area contributed by atoms with Gasteiger partial charge < -0.3 is 15.0 Å². The molecule has 0 aliphatic carbocycles. The number of hydrogen-bond donors (Lipinski definition) is 1. The zero-order valence-electron chi connectivity index (χ0n) is 18.2. The number of likely N-dealkylation sites (tertiary alicyclic amines) is 1. The molecule has 0 saturated carbocycles. The molecule has 0 spiro atoms. The molecule has 32 heavy (non-hydrogen) atoms. The molecule has 172 valence electrons. The number of nitrogens with zero attached hydrogens (tertiary/aromatic N) is 4. The average Bonchev–Trinajstić information content (AvgIpc) is 3.41. The highest BCUT2D eigenvalue weighted by Gasteiger charge is 2.38. The van der Waals surface area contributed by atoms with Crippen molar-refractivity contribution in [3.63, 3.8) is 0 Å². The number of carbonyl (C=O) groups excluding carboxylic acids is 1. The Morgan fingerprint density at radius 2 is 2.12 bits per heavy atom. The maximum Gasteiger partial charge on any atom is 0.260 e. The van der Waals surface area contributed by atoms with E-state index < -0.39 is 12.5 Å². The summed E-state index contributed by atoms with van der Waals surface area (Å²) in [7, 11) is 0. The van der Waals surface area contributed by atoms with Crippen LogP contribution in [-0.2, 0) is 17.6 Å². The molecule has 3 atom stereocenters. The van der Waals surface area contributed by atoms with E-state index in [9.17, 15) is 13.6 Å². The second-order valence-electron chi connectivity index (χ2n) is 9.21. The quantitative estimate of drug-likeness (QED) is 0.763. The summed E-state index contributed by atoms with van der Waals surface area (Å²) >= 11 is 0. The van der Waals surface area contributed by atoms with Crippen molar-refractivity contribution in [3.05, 3.63) is 35.7 Å². The van der Waals surface area contributed by atoms with Crippen LogP contribution in [0, 0.1) is 5.92 Å². The van der Waals surface area contributed by atoms with Crippen molar-refractivity contribution in [2.24, 2.45) is 5.92 Å². The van der Waals surface area contributed by atoms with Gasteiger partial charge in [0, 0.05) is 32.0 Å². The Labute approximate surface area is 186 Å². The fourth-order valence-corrected chi connectivity index (χ4v) is 5.29. The van der Waals surface area contributed by atoms with E-state index in [1.807, 2.05) is 17.0 Å². The number of hydrogen-bond acceptors (Lipinski definition) is 5. The van der Waals surface area contributed by atoms with E-state index in [1.165, 1.54) is 22.1 Å². The summed E-state index contributed by atoms with van der Waals surface area (Å²) in [5.74, 6) is 1.78. The van der Waals surface area contributed by atoms with Crippen molar-refractivity contribution in [1.29, 1.82) is 0 Å². The minimum absolute atomic E-state index is 0.0704. The number of rotatable bonds is 5. The highest BCUT2D eigenvalue weighted by atomic mass is 19.3. The summed E-state index contributed by atoms with van der Waals surface area (Å²) < 4.78 is 34.1. The van der Waals surface area contributed by atoms with Gasteiger partial charge in [-0.1, -0.05) is 12.1 Å². The van der Waals surface area contributed by atoms with Crippen LogP contribution in [0.25, 0.3) is 0 Å². The molecular formula is C23H29F2N5O2. The van der Waals surface area contributed by atoms with Crippen molar-refractivity contribution >= 4 is 11.9 Å². The Bertz CT molecular complexity index is 973. The largest absolute Gasteiger partial charge is 0.490 e. The van der Waals surface area contributed by atoms with Crippen LogP contribution in [0.3, 0.4) is 0 Å². The molecule has 1 aromatic heterocycles. The standard InChI is InChI=1S/C23H29F2N5O2/c1-14-10-17-11-15(2-4-20(17)32-14)3-5-21(31)29-8-6-16(7-9-29)18-12-19(22(24)25)30-23(28-18)26-13-27-30/h2,4,11,13-14,16,18-19,22H,3,5-10,12H2,1H3,(H,26,27,28)/t14?,18-,19+/m0/s1. The van der Waals surface area contributed by atoms with Gasteiger partial charge in [0.1, 0.15) is 24.2 Å². The predicted octanol–water partition coefficient (Wildman–Crippen LogP) is 3.46. The molecule has 1 aromatic carbocycles. The first-order valence-electron chi connectivity index (χ1n) is 11.5. The first-order valence-corrected chi connectivity index (χ1v) is 11.5. The van der Waals surface area contributed by atoms with Crippen molar-refractivity contribution in [2.45, 2.75) is 70.1 Å². The molecule has 3 aliphatic heterocycles. The lowest BCUT2D eigenvalue weighted by Crippen LogP contribution is -2.46. The van der Waals surface area contributed by atoms with E-state index in [2.05, 4.69) is 28.4 Å². The van der Waals surface area contributed by atoms with E-state index >= 15 is 0 Å². The zero-order valence-corrected chi connectivity index (χ0v) is 18.2. The molecule has 1 saturated heterocycles. The van der Waals surface area contributed by atoms with E-state index in [-0.39, 0.29) is 24.0 Å². The molecule has 4 heterocycles.